The highest BCUT2D eigenvalue weighted by molar-refractivity contribution is 6.05. The first-order valence-electron chi connectivity index (χ1n) is 8.94. The summed E-state index contributed by atoms with van der Waals surface area (Å²) in [5, 5.41) is 2.97. The van der Waals surface area contributed by atoms with Crippen LogP contribution in [0.5, 0.6) is 0 Å². The molecule has 0 bridgehead atoms. The largest absolute Gasteiger partial charge is 0.322 e. The molecular weight excluding hydrogens is 312 g/mol. The maximum Gasteiger partial charge on any atom is 0.255 e. The van der Waals surface area contributed by atoms with Gasteiger partial charge in [0.2, 0.25) is 5.91 Å². The molecule has 1 fully saturated rings. The van der Waals surface area contributed by atoms with E-state index in [1.807, 2.05) is 54.3 Å². The molecule has 128 valence electrons. The van der Waals surface area contributed by atoms with E-state index < -0.39 is 0 Å². The molecule has 4 nitrogen and oxygen atoms in total. The van der Waals surface area contributed by atoms with Gasteiger partial charge in [0.15, 0.2) is 0 Å². The molecule has 1 aliphatic heterocycles. The molecular formula is C21H22N2O2. The Labute approximate surface area is 147 Å². The quantitative estimate of drug-likeness (QED) is 0.924. The summed E-state index contributed by atoms with van der Waals surface area (Å²) in [4.78, 5) is 26.8. The number of carbonyl (C=O) groups excluding carboxylic acids is 2. The lowest BCUT2D eigenvalue weighted by Crippen LogP contribution is -2.36. The molecule has 2 aromatic carbocycles. The van der Waals surface area contributed by atoms with Crippen molar-refractivity contribution in [2.45, 2.75) is 32.6 Å². The molecule has 1 N–H and O–H groups in total. The van der Waals surface area contributed by atoms with Crippen LogP contribution in [0.25, 0.3) is 0 Å². The molecule has 0 radical (unpaired) electrons. The topological polar surface area (TPSA) is 49.4 Å². The molecule has 1 saturated carbocycles. The third kappa shape index (κ3) is 3.29. The molecule has 0 unspecified atom stereocenters. The Morgan fingerprint density at radius 2 is 1.96 bits per heavy atom. The monoisotopic (exact) mass is 334 g/mol. The molecule has 0 aromatic heterocycles. The SMILES string of the molecule is Cc1cccc(C(=O)Nc2ccc3c(c2)CCCN3C(=O)C2CC2)c1. The van der Waals surface area contributed by atoms with Gasteiger partial charge in [-0.1, -0.05) is 17.7 Å². The minimum atomic E-state index is -0.106. The molecule has 2 aromatic rings. The summed E-state index contributed by atoms with van der Waals surface area (Å²) < 4.78 is 0. The highest BCUT2D eigenvalue weighted by atomic mass is 16.2. The predicted octanol–water partition coefficient (Wildman–Crippen LogP) is 3.94. The summed E-state index contributed by atoms with van der Waals surface area (Å²) >= 11 is 0. The first-order chi connectivity index (χ1) is 12.1. The lowest BCUT2D eigenvalue weighted by molar-refractivity contribution is -0.119. The molecule has 4 rings (SSSR count). The van der Waals surface area contributed by atoms with E-state index in [1.54, 1.807) is 0 Å². The highest BCUT2D eigenvalue weighted by Crippen LogP contribution is 2.36. The minimum absolute atomic E-state index is 0.106. The summed E-state index contributed by atoms with van der Waals surface area (Å²) in [6, 6.07) is 13.4. The van der Waals surface area contributed by atoms with Gasteiger partial charge in [0.05, 0.1) is 0 Å². The third-order valence-electron chi connectivity index (χ3n) is 4.93. The standard InChI is InChI=1S/C21H22N2O2/c1-14-4-2-5-17(12-14)20(24)22-18-9-10-19-16(13-18)6-3-11-23(19)21(25)15-7-8-15/h2,4-5,9-10,12-13,15H,3,6-8,11H2,1H3,(H,22,24). The number of nitrogens with zero attached hydrogens (tertiary/aromatic N) is 1. The first kappa shape index (κ1) is 15.9. The van der Waals surface area contributed by atoms with Gasteiger partial charge in [-0.2, -0.15) is 0 Å². The fourth-order valence-electron chi connectivity index (χ4n) is 3.44. The van der Waals surface area contributed by atoms with Crippen LogP contribution in [0.2, 0.25) is 0 Å². The van der Waals surface area contributed by atoms with Crippen LogP contribution < -0.4 is 10.2 Å². The normalized spacial score (nSPS) is 16.3. The average molecular weight is 334 g/mol. The summed E-state index contributed by atoms with van der Waals surface area (Å²) in [5.74, 6) is 0.384. The molecule has 0 spiro atoms. The maximum absolute atomic E-state index is 12.5. The van der Waals surface area contributed by atoms with Crippen LogP contribution in [0.4, 0.5) is 11.4 Å². The Balaban J connectivity index is 1.54. The number of aryl methyl sites for hydroxylation is 2. The summed E-state index contributed by atoms with van der Waals surface area (Å²) in [7, 11) is 0. The highest BCUT2D eigenvalue weighted by Gasteiger charge is 2.35. The van der Waals surface area contributed by atoms with Crippen LogP contribution >= 0.6 is 0 Å². The molecule has 0 atom stereocenters. The average Bonchev–Trinajstić information content (AvgIpc) is 3.45. The fourth-order valence-corrected chi connectivity index (χ4v) is 3.44. The number of amides is 2. The zero-order valence-electron chi connectivity index (χ0n) is 14.4. The van der Waals surface area contributed by atoms with Gasteiger partial charge in [-0.15, -0.1) is 0 Å². The van der Waals surface area contributed by atoms with Crippen molar-refractivity contribution in [1.29, 1.82) is 0 Å². The van der Waals surface area contributed by atoms with E-state index >= 15 is 0 Å². The van der Waals surface area contributed by atoms with Crippen molar-refractivity contribution in [1.82, 2.24) is 0 Å². The Hall–Kier alpha value is -2.62. The fraction of sp³-hybridized carbons (Fsp3) is 0.333. The number of nitrogens with one attached hydrogen (secondary N) is 1. The second-order valence-corrected chi connectivity index (χ2v) is 7.03. The molecule has 25 heavy (non-hydrogen) atoms. The van der Waals surface area contributed by atoms with Gasteiger partial charge in [-0.05, 0) is 68.5 Å². The van der Waals surface area contributed by atoms with Crippen LogP contribution in [0.1, 0.15) is 40.7 Å². The Bertz CT molecular complexity index is 840. The van der Waals surface area contributed by atoms with Gasteiger partial charge in [-0.25, -0.2) is 0 Å². The number of fused-ring (bicyclic) bond motifs is 1. The summed E-state index contributed by atoms with van der Waals surface area (Å²) in [6.07, 6.45) is 3.96. The van der Waals surface area contributed by atoms with Crippen molar-refractivity contribution in [3.05, 3.63) is 59.2 Å². The second kappa shape index (κ2) is 6.36. The zero-order chi connectivity index (χ0) is 17.4. The number of benzene rings is 2. The third-order valence-corrected chi connectivity index (χ3v) is 4.93. The Kier molecular flexibility index (Phi) is 4.04. The van der Waals surface area contributed by atoms with Crippen LogP contribution in [0.3, 0.4) is 0 Å². The van der Waals surface area contributed by atoms with Gasteiger partial charge in [-0.3, -0.25) is 9.59 Å². The van der Waals surface area contributed by atoms with Crippen molar-refractivity contribution in [2.75, 3.05) is 16.8 Å². The van der Waals surface area contributed by atoms with Gasteiger partial charge in [0.25, 0.3) is 5.91 Å². The lowest BCUT2D eigenvalue weighted by Gasteiger charge is -2.30. The number of carbonyl (C=O) groups is 2. The summed E-state index contributed by atoms with van der Waals surface area (Å²) in [5.41, 5.74) is 4.65. The summed E-state index contributed by atoms with van der Waals surface area (Å²) in [6.45, 7) is 2.78. The van der Waals surface area contributed by atoms with E-state index in [4.69, 9.17) is 0 Å². The van der Waals surface area contributed by atoms with Gasteiger partial charge >= 0.3 is 0 Å². The zero-order valence-corrected chi connectivity index (χ0v) is 14.4. The van der Waals surface area contributed by atoms with E-state index in [0.29, 0.717) is 5.56 Å². The number of anilines is 2. The molecule has 1 aliphatic carbocycles. The first-order valence-corrected chi connectivity index (χ1v) is 8.94. The maximum atomic E-state index is 12.5. The van der Waals surface area contributed by atoms with E-state index in [-0.39, 0.29) is 17.7 Å². The van der Waals surface area contributed by atoms with Gasteiger partial charge in [0, 0.05) is 29.4 Å². The van der Waals surface area contributed by atoms with Gasteiger partial charge in [0.1, 0.15) is 0 Å². The van der Waals surface area contributed by atoms with Crippen LogP contribution in [0, 0.1) is 12.8 Å². The van der Waals surface area contributed by atoms with Crippen molar-refractivity contribution in [3.8, 4) is 0 Å². The Morgan fingerprint density at radius 3 is 2.72 bits per heavy atom. The number of hydrogen-bond donors (Lipinski definition) is 1. The van der Waals surface area contributed by atoms with Crippen LogP contribution in [-0.2, 0) is 11.2 Å². The smallest absolute Gasteiger partial charge is 0.255 e. The van der Waals surface area contributed by atoms with Crippen molar-refractivity contribution < 1.29 is 9.59 Å². The lowest BCUT2D eigenvalue weighted by atomic mass is 10.00. The minimum Gasteiger partial charge on any atom is -0.322 e. The van der Waals surface area contributed by atoms with Crippen molar-refractivity contribution in [2.24, 2.45) is 5.92 Å². The van der Waals surface area contributed by atoms with Crippen molar-refractivity contribution in [3.63, 3.8) is 0 Å². The van der Waals surface area contributed by atoms with E-state index in [0.717, 1.165) is 54.7 Å². The van der Waals surface area contributed by atoms with Crippen LogP contribution in [0.15, 0.2) is 42.5 Å². The molecule has 1 heterocycles. The van der Waals surface area contributed by atoms with Crippen LogP contribution in [-0.4, -0.2) is 18.4 Å². The predicted molar refractivity (Wildman–Crippen MR) is 99.0 cm³/mol. The molecule has 2 aliphatic rings. The molecule has 0 saturated heterocycles. The number of hydrogen-bond acceptors (Lipinski definition) is 2. The van der Waals surface area contributed by atoms with Gasteiger partial charge < -0.3 is 10.2 Å². The molecule has 4 heteroatoms. The number of rotatable bonds is 3. The van der Waals surface area contributed by atoms with E-state index in [1.165, 1.54) is 0 Å². The Morgan fingerprint density at radius 1 is 1.12 bits per heavy atom. The van der Waals surface area contributed by atoms with E-state index in [2.05, 4.69) is 5.32 Å². The molecule has 2 amide bonds. The van der Waals surface area contributed by atoms with Crippen molar-refractivity contribution >= 4 is 23.2 Å². The second-order valence-electron chi connectivity index (χ2n) is 7.03. The van der Waals surface area contributed by atoms with E-state index in [9.17, 15) is 9.59 Å².